The largest absolute Gasteiger partial charge is 0.415 e. The van der Waals surface area contributed by atoms with E-state index >= 15 is 0 Å². The van der Waals surface area contributed by atoms with Gasteiger partial charge in [-0.1, -0.05) is 35.9 Å². The maximum atomic E-state index is 12.8. The molecule has 0 spiro atoms. The summed E-state index contributed by atoms with van der Waals surface area (Å²) >= 11 is 6.40. The van der Waals surface area contributed by atoms with Crippen LogP contribution < -0.4 is 16.0 Å². The number of aryl methyl sites for hydroxylation is 1. The van der Waals surface area contributed by atoms with Crippen LogP contribution in [0.4, 0.5) is 36.3 Å². The van der Waals surface area contributed by atoms with Crippen LogP contribution in [0.15, 0.2) is 42.6 Å². The summed E-state index contributed by atoms with van der Waals surface area (Å²) in [6, 6.07) is 11.7. The second kappa shape index (κ2) is 11.7. The van der Waals surface area contributed by atoms with E-state index in [9.17, 15) is 23.1 Å². The highest BCUT2D eigenvalue weighted by molar-refractivity contribution is 6.32. The second-order valence-electron chi connectivity index (χ2n) is 11.5. The van der Waals surface area contributed by atoms with E-state index in [1.165, 1.54) is 6.20 Å². The number of amides is 1. The summed E-state index contributed by atoms with van der Waals surface area (Å²) in [6.45, 7) is 6.72. The van der Waals surface area contributed by atoms with Crippen molar-refractivity contribution in [2.45, 2.75) is 63.8 Å². The molecule has 3 aromatic rings. The third-order valence-corrected chi connectivity index (χ3v) is 8.34. The minimum Gasteiger partial charge on any atom is -0.382 e. The molecule has 1 amide bonds. The number of nitrogens with one attached hydrogen (secondary N) is 3. The second-order valence-corrected chi connectivity index (χ2v) is 11.9. The summed E-state index contributed by atoms with van der Waals surface area (Å²) in [6.07, 6.45) is -3.82. The molecule has 0 aliphatic carbocycles. The van der Waals surface area contributed by atoms with Crippen molar-refractivity contribution in [3.63, 3.8) is 0 Å². The number of aliphatic hydroxyl groups excluding tert-OH is 1. The number of carbonyl (C=O) groups is 1. The highest BCUT2D eigenvalue weighted by Crippen LogP contribution is 2.40. The number of rotatable bonds is 8. The number of hydrogen-bond donors (Lipinski definition) is 4. The summed E-state index contributed by atoms with van der Waals surface area (Å²) < 4.78 is 38.5. The Morgan fingerprint density at radius 1 is 1.26 bits per heavy atom. The first-order chi connectivity index (χ1) is 19.8. The molecule has 0 bridgehead atoms. The molecule has 3 heterocycles. The van der Waals surface area contributed by atoms with Crippen LogP contribution in [0.5, 0.6) is 0 Å². The molecule has 224 valence electrons. The SMILES string of the molecule is Cc1cc(C2CCCN(CC(O)C(F)(F)F)C2)ccc1Nc1ncc(Cl)c(NCc2cccc3c2C(C)(C)C(=O)N3)n1. The first-order valence-electron chi connectivity index (χ1n) is 13.9. The molecular weight excluding hydrogens is 569 g/mol. The van der Waals surface area contributed by atoms with E-state index in [2.05, 4.69) is 25.9 Å². The molecule has 2 aliphatic heterocycles. The molecule has 2 atom stereocenters. The third kappa shape index (κ3) is 6.33. The zero-order valence-electron chi connectivity index (χ0n) is 23.6. The highest BCUT2D eigenvalue weighted by atomic mass is 35.5. The van der Waals surface area contributed by atoms with E-state index in [0.717, 1.165) is 46.5 Å². The van der Waals surface area contributed by atoms with Crippen molar-refractivity contribution in [1.82, 2.24) is 14.9 Å². The molecule has 4 N–H and O–H groups in total. The van der Waals surface area contributed by atoms with Gasteiger partial charge in [0, 0.05) is 31.0 Å². The number of β-amino-alcohol motifs (C(OH)–C–C–N with tert-alkyl or cyclic N) is 1. The number of fused-ring (bicyclic) bond motifs is 1. The number of carbonyl (C=O) groups excluding carboxylic acids is 1. The van der Waals surface area contributed by atoms with Crippen LogP contribution in [0.25, 0.3) is 0 Å². The van der Waals surface area contributed by atoms with Crippen LogP contribution in [0, 0.1) is 6.92 Å². The minimum absolute atomic E-state index is 0.0426. The van der Waals surface area contributed by atoms with Gasteiger partial charge in [0.1, 0.15) is 5.02 Å². The molecule has 5 rings (SSSR count). The van der Waals surface area contributed by atoms with Gasteiger partial charge in [-0.2, -0.15) is 18.2 Å². The average molecular weight is 603 g/mol. The summed E-state index contributed by atoms with van der Waals surface area (Å²) in [5, 5.41) is 19.3. The van der Waals surface area contributed by atoms with Crippen molar-refractivity contribution < 1.29 is 23.1 Å². The smallest absolute Gasteiger partial charge is 0.382 e. The van der Waals surface area contributed by atoms with Crippen LogP contribution in [0.1, 0.15) is 54.9 Å². The highest BCUT2D eigenvalue weighted by Gasteiger charge is 2.41. The first kappa shape index (κ1) is 30.1. The number of aromatic nitrogens is 2. The van der Waals surface area contributed by atoms with Crippen molar-refractivity contribution in [3.05, 3.63) is 69.9 Å². The molecule has 42 heavy (non-hydrogen) atoms. The van der Waals surface area contributed by atoms with Gasteiger partial charge in [-0.15, -0.1) is 0 Å². The number of likely N-dealkylation sites (tertiary alicyclic amines) is 1. The number of halogens is 4. The molecule has 0 radical (unpaired) electrons. The van der Waals surface area contributed by atoms with E-state index in [1.807, 2.05) is 57.2 Å². The number of hydrogen-bond acceptors (Lipinski definition) is 7. The van der Waals surface area contributed by atoms with Crippen molar-refractivity contribution in [3.8, 4) is 0 Å². The van der Waals surface area contributed by atoms with Gasteiger partial charge in [0.2, 0.25) is 11.9 Å². The number of anilines is 4. The van der Waals surface area contributed by atoms with Crippen LogP contribution >= 0.6 is 11.6 Å². The fourth-order valence-electron chi connectivity index (χ4n) is 5.76. The van der Waals surface area contributed by atoms with Crippen molar-refractivity contribution in [1.29, 1.82) is 0 Å². The molecule has 12 heteroatoms. The Morgan fingerprint density at radius 3 is 2.79 bits per heavy atom. The zero-order chi connectivity index (χ0) is 30.2. The quantitative estimate of drug-likeness (QED) is 0.246. The van der Waals surface area contributed by atoms with E-state index in [1.54, 1.807) is 4.90 Å². The van der Waals surface area contributed by atoms with Crippen LogP contribution in [-0.2, 0) is 16.8 Å². The van der Waals surface area contributed by atoms with Gasteiger partial charge in [-0.05, 0) is 80.5 Å². The maximum absolute atomic E-state index is 12.8. The van der Waals surface area contributed by atoms with Gasteiger partial charge < -0.3 is 21.1 Å². The normalized spacial score (nSPS) is 19.2. The van der Waals surface area contributed by atoms with E-state index in [0.29, 0.717) is 36.4 Å². The topological polar surface area (TPSA) is 102 Å². The fraction of sp³-hybridized carbons (Fsp3) is 0.433. The average Bonchev–Trinajstić information content (AvgIpc) is 3.17. The summed E-state index contributed by atoms with van der Waals surface area (Å²) in [5.41, 5.74) is 4.82. The lowest BCUT2D eigenvalue weighted by Gasteiger charge is -2.34. The number of alkyl halides is 3. The van der Waals surface area contributed by atoms with Gasteiger partial charge in [0.25, 0.3) is 0 Å². The van der Waals surface area contributed by atoms with Crippen molar-refractivity contribution >= 4 is 40.6 Å². The lowest BCUT2D eigenvalue weighted by atomic mass is 9.83. The molecule has 2 aliphatic rings. The number of aliphatic hydroxyl groups is 1. The van der Waals surface area contributed by atoms with Crippen LogP contribution in [0.2, 0.25) is 5.02 Å². The lowest BCUT2D eigenvalue weighted by Crippen LogP contribution is -2.44. The minimum atomic E-state index is -4.62. The zero-order valence-corrected chi connectivity index (χ0v) is 24.4. The molecule has 2 aromatic carbocycles. The number of nitrogens with zero attached hydrogens (tertiary/aromatic N) is 3. The fourth-order valence-corrected chi connectivity index (χ4v) is 5.91. The number of piperidine rings is 1. The van der Waals surface area contributed by atoms with Gasteiger partial charge >= 0.3 is 6.18 Å². The predicted molar refractivity (Wildman–Crippen MR) is 157 cm³/mol. The Labute approximate surface area is 247 Å². The molecule has 0 saturated carbocycles. The Kier molecular flexibility index (Phi) is 8.37. The molecule has 8 nitrogen and oxygen atoms in total. The van der Waals surface area contributed by atoms with Crippen molar-refractivity contribution in [2.24, 2.45) is 0 Å². The number of benzene rings is 2. The van der Waals surface area contributed by atoms with Gasteiger partial charge in [-0.25, -0.2) is 4.98 Å². The molecular formula is C30H34ClF3N6O2. The maximum Gasteiger partial charge on any atom is 0.415 e. The Bertz CT molecular complexity index is 1480. The van der Waals surface area contributed by atoms with Gasteiger partial charge in [0.05, 0.1) is 11.6 Å². The summed E-state index contributed by atoms with van der Waals surface area (Å²) in [4.78, 5) is 23.0. The monoisotopic (exact) mass is 602 g/mol. The molecule has 1 fully saturated rings. The molecule has 2 unspecified atom stereocenters. The van der Waals surface area contributed by atoms with Gasteiger partial charge in [0.15, 0.2) is 11.9 Å². The van der Waals surface area contributed by atoms with E-state index < -0.39 is 24.2 Å². The van der Waals surface area contributed by atoms with Crippen LogP contribution in [-0.4, -0.2) is 57.8 Å². The predicted octanol–water partition coefficient (Wildman–Crippen LogP) is 6.13. The standard InChI is InChI=1S/C30H34ClF3N6O2/c1-17-12-18(20-7-5-11-40(15-20)16-24(41)30(32,33)34)9-10-22(17)38-28-36-14-21(31)26(39-28)35-13-19-6-4-8-23-25(19)29(2,3)27(42)37-23/h4,6,8-10,12,14,20,24,41H,5,7,11,13,15-16H2,1-3H3,(H,37,42)(H2,35,36,38,39). The lowest BCUT2D eigenvalue weighted by molar-refractivity contribution is -0.208. The Morgan fingerprint density at radius 2 is 2.05 bits per heavy atom. The third-order valence-electron chi connectivity index (χ3n) is 8.06. The Hall–Kier alpha value is -3.41. The first-order valence-corrected chi connectivity index (χ1v) is 14.3. The van der Waals surface area contributed by atoms with E-state index in [4.69, 9.17) is 11.6 Å². The Balaban J connectivity index is 1.26. The molecule has 1 saturated heterocycles. The van der Waals surface area contributed by atoms with Gasteiger partial charge in [-0.3, -0.25) is 9.69 Å². The molecule has 1 aromatic heterocycles. The summed E-state index contributed by atoms with van der Waals surface area (Å²) in [5.74, 6) is 0.820. The van der Waals surface area contributed by atoms with E-state index in [-0.39, 0.29) is 11.8 Å². The van der Waals surface area contributed by atoms with Crippen molar-refractivity contribution in [2.75, 3.05) is 35.6 Å². The van der Waals surface area contributed by atoms with Crippen LogP contribution in [0.3, 0.4) is 0 Å². The summed E-state index contributed by atoms with van der Waals surface area (Å²) in [7, 11) is 0.